The third-order valence-corrected chi connectivity index (χ3v) is 2.47. The van der Waals surface area contributed by atoms with Gasteiger partial charge in [-0.1, -0.05) is 13.0 Å². The summed E-state index contributed by atoms with van der Waals surface area (Å²) in [6.07, 6.45) is -1.53. The summed E-state index contributed by atoms with van der Waals surface area (Å²) in [5, 5.41) is 3.06. The standard InChI is InChI=1S/C12H17F3N2/c1-3-17-11(4-5-12(13,14)15)10-6-9(2)7-16-8-10/h6-8,11,17H,3-5H2,1-2H3. The first kappa shape index (κ1) is 14.0. The van der Waals surface area contributed by atoms with Crippen LogP contribution in [0.2, 0.25) is 0 Å². The van der Waals surface area contributed by atoms with E-state index in [1.165, 1.54) is 0 Å². The zero-order chi connectivity index (χ0) is 12.9. The van der Waals surface area contributed by atoms with Crippen molar-refractivity contribution in [3.63, 3.8) is 0 Å². The van der Waals surface area contributed by atoms with Gasteiger partial charge in [0.1, 0.15) is 0 Å². The second-order valence-corrected chi connectivity index (χ2v) is 4.06. The lowest BCUT2D eigenvalue weighted by Gasteiger charge is -2.19. The van der Waals surface area contributed by atoms with E-state index < -0.39 is 12.6 Å². The average molecular weight is 246 g/mol. The largest absolute Gasteiger partial charge is 0.389 e. The van der Waals surface area contributed by atoms with Crippen LogP contribution in [0, 0.1) is 6.92 Å². The van der Waals surface area contributed by atoms with E-state index in [9.17, 15) is 13.2 Å². The lowest BCUT2D eigenvalue weighted by molar-refractivity contribution is -0.136. The quantitative estimate of drug-likeness (QED) is 0.861. The highest BCUT2D eigenvalue weighted by atomic mass is 19.4. The summed E-state index contributed by atoms with van der Waals surface area (Å²) in [6.45, 7) is 4.39. The van der Waals surface area contributed by atoms with E-state index in [1.807, 2.05) is 19.9 Å². The smallest absolute Gasteiger partial charge is 0.310 e. The number of nitrogens with one attached hydrogen (secondary N) is 1. The Morgan fingerprint density at radius 3 is 2.59 bits per heavy atom. The molecular formula is C12H17F3N2. The number of aryl methyl sites for hydroxylation is 1. The fourth-order valence-corrected chi connectivity index (χ4v) is 1.71. The summed E-state index contributed by atoms with van der Waals surface area (Å²) in [7, 11) is 0. The Kier molecular flexibility index (Phi) is 4.93. The van der Waals surface area contributed by atoms with Crippen LogP contribution in [0.3, 0.4) is 0 Å². The first-order valence-electron chi connectivity index (χ1n) is 5.64. The molecular weight excluding hydrogens is 229 g/mol. The Bertz CT molecular complexity index is 350. The van der Waals surface area contributed by atoms with Gasteiger partial charge in [-0.05, 0) is 31.0 Å². The van der Waals surface area contributed by atoms with Crippen molar-refractivity contribution < 1.29 is 13.2 Å². The summed E-state index contributed by atoms with van der Waals surface area (Å²) >= 11 is 0. The molecule has 0 aliphatic carbocycles. The Morgan fingerprint density at radius 1 is 1.35 bits per heavy atom. The Morgan fingerprint density at radius 2 is 2.06 bits per heavy atom. The van der Waals surface area contributed by atoms with E-state index in [1.54, 1.807) is 12.4 Å². The highest BCUT2D eigenvalue weighted by Crippen LogP contribution is 2.27. The molecule has 1 aromatic rings. The highest BCUT2D eigenvalue weighted by molar-refractivity contribution is 5.20. The van der Waals surface area contributed by atoms with Gasteiger partial charge in [0, 0.05) is 24.9 Å². The predicted octanol–water partition coefficient (Wildman–Crippen LogP) is 3.38. The molecule has 5 heteroatoms. The second kappa shape index (κ2) is 6.00. The van der Waals surface area contributed by atoms with Gasteiger partial charge < -0.3 is 5.32 Å². The molecule has 1 aromatic heterocycles. The fraction of sp³-hybridized carbons (Fsp3) is 0.583. The Hall–Kier alpha value is -1.10. The molecule has 0 aliphatic rings. The molecule has 1 N–H and O–H groups in total. The van der Waals surface area contributed by atoms with Gasteiger partial charge in [-0.15, -0.1) is 0 Å². The maximum absolute atomic E-state index is 12.2. The third-order valence-electron chi connectivity index (χ3n) is 2.47. The molecule has 2 nitrogen and oxygen atoms in total. The fourth-order valence-electron chi connectivity index (χ4n) is 1.71. The average Bonchev–Trinajstić information content (AvgIpc) is 2.23. The molecule has 0 amide bonds. The summed E-state index contributed by atoms with van der Waals surface area (Å²) in [4.78, 5) is 4.01. The number of aromatic nitrogens is 1. The van der Waals surface area contributed by atoms with E-state index in [0.717, 1.165) is 11.1 Å². The molecule has 0 saturated heterocycles. The minimum atomic E-state index is -4.11. The van der Waals surface area contributed by atoms with Crippen LogP contribution in [-0.4, -0.2) is 17.7 Å². The minimum Gasteiger partial charge on any atom is -0.310 e. The van der Waals surface area contributed by atoms with Crippen molar-refractivity contribution in [1.82, 2.24) is 10.3 Å². The lowest BCUT2D eigenvalue weighted by atomic mass is 10.0. The number of hydrogen-bond donors (Lipinski definition) is 1. The van der Waals surface area contributed by atoms with E-state index in [0.29, 0.717) is 6.54 Å². The van der Waals surface area contributed by atoms with Crippen molar-refractivity contribution >= 4 is 0 Å². The molecule has 1 atom stereocenters. The van der Waals surface area contributed by atoms with Gasteiger partial charge in [0.2, 0.25) is 0 Å². The lowest BCUT2D eigenvalue weighted by Crippen LogP contribution is -2.23. The zero-order valence-corrected chi connectivity index (χ0v) is 10.0. The number of pyridine rings is 1. The van der Waals surface area contributed by atoms with Gasteiger partial charge in [-0.3, -0.25) is 4.98 Å². The minimum absolute atomic E-state index is 0.0441. The summed E-state index contributed by atoms with van der Waals surface area (Å²) in [5.41, 5.74) is 1.77. The first-order valence-corrected chi connectivity index (χ1v) is 5.64. The molecule has 0 bridgehead atoms. The second-order valence-electron chi connectivity index (χ2n) is 4.06. The normalized spacial score (nSPS) is 13.7. The third kappa shape index (κ3) is 5.17. The van der Waals surface area contributed by atoms with Gasteiger partial charge >= 0.3 is 6.18 Å². The summed E-state index contributed by atoms with van der Waals surface area (Å²) in [6, 6.07) is 1.59. The Balaban J connectivity index is 2.71. The van der Waals surface area contributed by atoms with Gasteiger partial charge in [-0.2, -0.15) is 13.2 Å². The van der Waals surface area contributed by atoms with E-state index in [2.05, 4.69) is 10.3 Å². The molecule has 0 saturated carbocycles. The number of rotatable bonds is 5. The highest BCUT2D eigenvalue weighted by Gasteiger charge is 2.28. The van der Waals surface area contributed by atoms with E-state index >= 15 is 0 Å². The van der Waals surface area contributed by atoms with Crippen molar-refractivity contribution in [3.8, 4) is 0 Å². The first-order chi connectivity index (χ1) is 7.92. The van der Waals surface area contributed by atoms with Crippen molar-refractivity contribution in [1.29, 1.82) is 0 Å². The van der Waals surface area contributed by atoms with Crippen LogP contribution in [-0.2, 0) is 0 Å². The summed E-state index contributed by atoms with van der Waals surface area (Å²) < 4.78 is 36.6. The molecule has 0 spiro atoms. The molecule has 0 fully saturated rings. The van der Waals surface area contributed by atoms with Gasteiger partial charge in [0.15, 0.2) is 0 Å². The van der Waals surface area contributed by atoms with Crippen LogP contribution in [0.5, 0.6) is 0 Å². The molecule has 1 heterocycles. The molecule has 17 heavy (non-hydrogen) atoms. The van der Waals surface area contributed by atoms with Gasteiger partial charge in [0.05, 0.1) is 0 Å². The maximum atomic E-state index is 12.2. The molecule has 96 valence electrons. The van der Waals surface area contributed by atoms with E-state index in [-0.39, 0.29) is 12.5 Å². The predicted molar refractivity (Wildman–Crippen MR) is 60.7 cm³/mol. The molecule has 0 aromatic carbocycles. The summed E-state index contributed by atoms with van der Waals surface area (Å²) in [5.74, 6) is 0. The SMILES string of the molecule is CCNC(CCC(F)(F)F)c1cncc(C)c1. The molecule has 1 unspecified atom stereocenters. The molecule has 1 rings (SSSR count). The van der Waals surface area contributed by atoms with Gasteiger partial charge in [-0.25, -0.2) is 0 Å². The zero-order valence-electron chi connectivity index (χ0n) is 10.0. The van der Waals surface area contributed by atoms with Crippen molar-refractivity contribution in [2.75, 3.05) is 6.54 Å². The monoisotopic (exact) mass is 246 g/mol. The van der Waals surface area contributed by atoms with Crippen LogP contribution in [0.4, 0.5) is 13.2 Å². The number of halogens is 3. The van der Waals surface area contributed by atoms with Crippen molar-refractivity contribution in [2.24, 2.45) is 0 Å². The van der Waals surface area contributed by atoms with Gasteiger partial charge in [0.25, 0.3) is 0 Å². The van der Waals surface area contributed by atoms with Crippen LogP contribution in [0.1, 0.15) is 36.9 Å². The number of nitrogens with zero attached hydrogens (tertiary/aromatic N) is 1. The van der Waals surface area contributed by atoms with Crippen molar-refractivity contribution in [2.45, 2.75) is 38.9 Å². The number of alkyl halides is 3. The molecule has 0 radical (unpaired) electrons. The van der Waals surface area contributed by atoms with Crippen LogP contribution >= 0.6 is 0 Å². The topological polar surface area (TPSA) is 24.9 Å². The van der Waals surface area contributed by atoms with Crippen molar-refractivity contribution in [3.05, 3.63) is 29.6 Å². The van der Waals surface area contributed by atoms with E-state index in [4.69, 9.17) is 0 Å². The maximum Gasteiger partial charge on any atom is 0.389 e. The molecule has 0 aliphatic heterocycles. The van der Waals surface area contributed by atoms with Crippen LogP contribution in [0.15, 0.2) is 18.5 Å². The van der Waals surface area contributed by atoms with Crippen LogP contribution < -0.4 is 5.32 Å². The van der Waals surface area contributed by atoms with Crippen LogP contribution in [0.25, 0.3) is 0 Å². The Labute approximate surface area is 99.3 Å². The number of hydrogen-bond acceptors (Lipinski definition) is 2.